The first-order chi connectivity index (χ1) is 60.2. The van der Waals surface area contributed by atoms with Gasteiger partial charge in [-0.05, 0) is 270 Å². The number of ether oxygens (including phenoxy) is 4. The van der Waals surface area contributed by atoms with Gasteiger partial charge in [0.2, 0.25) is 0 Å². The van der Waals surface area contributed by atoms with Gasteiger partial charge in [0, 0.05) is 26.2 Å². The average molecular weight is 1640 g/mol. The van der Waals surface area contributed by atoms with Crippen molar-refractivity contribution in [1.29, 1.82) is 0 Å². The first-order valence-electron chi connectivity index (χ1n) is 45.4. The van der Waals surface area contributed by atoms with E-state index in [4.69, 9.17) is 18.9 Å². The quantitative estimate of drug-likeness (QED) is 0.0370. The van der Waals surface area contributed by atoms with E-state index in [1.807, 2.05) is 14.1 Å². The summed E-state index contributed by atoms with van der Waals surface area (Å²) in [4.78, 5) is 9.22. The molecule has 2 aliphatic heterocycles. The fourth-order valence-corrected chi connectivity index (χ4v) is 16.7. The van der Waals surface area contributed by atoms with E-state index in [0.717, 1.165) is 114 Å². The van der Waals surface area contributed by atoms with Crippen LogP contribution >= 0.6 is 0 Å². The number of nitrogens with zero attached hydrogens (tertiary/aromatic N) is 4. The summed E-state index contributed by atoms with van der Waals surface area (Å²) in [6.07, 6.45) is 14.7. The summed E-state index contributed by atoms with van der Waals surface area (Å²) >= 11 is 0. The second-order valence-electron chi connectivity index (χ2n) is 32.4. The molecular formula is C115H134N4O4. The molecule has 0 spiro atoms. The molecule has 2 fully saturated rings. The van der Waals surface area contributed by atoms with Crippen molar-refractivity contribution >= 4 is 22.3 Å². The Labute approximate surface area is 738 Å². The third-order valence-electron chi connectivity index (χ3n) is 23.8. The van der Waals surface area contributed by atoms with E-state index in [9.17, 15) is 0 Å². The zero-order valence-electron chi connectivity index (χ0n) is 75.5. The number of rotatable bonds is 34. The van der Waals surface area contributed by atoms with E-state index in [2.05, 4.69) is 429 Å². The SMILES string of the molecule is CCC(Cc1ccccc1)=C(c1ccccc1)c1ccc(OC(C)N(C)C)cc1.CCC(Cc1ccccc1)=C(c1ccccc1)c1ccc(OC(C)N(CC)CC)cc1.CCC(Cc1ccccc1)=C(c1ccccc1)c1ccc(OC(C)N2CCCC2)cc1.CCC(Cc1ccccc1)=C(c1ccccc1)c1ccc(OC(C)N2CCCCC2)cc1. The Morgan fingerprint density at radius 1 is 0.252 bits per heavy atom. The summed E-state index contributed by atoms with van der Waals surface area (Å²) in [5, 5.41) is 0. The van der Waals surface area contributed by atoms with Crippen LogP contribution in [0.4, 0.5) is 0 Å². The molecular weight excluding hydrogens is 1500 g/mol. The lowest BCUT2D eigenvalue weighted by atomic mass is 9.88. The topological polar surface area (TPSA) is 49.9 Å². The van der Waals surface area contributed by atoms with Gasteiger partial charge in [0.05, 0.1) is 0 Å². The highest BCUT2D eigenvalue weighted by Crippen LogP contribution is 2.38. The van der Waals surface area contributed by atoms with E-state index in [0.29, 0.717) is 0 Å². The summed E-state index contributed by atoms with van der Waals surface area (Å²) in [5.74, 6) is 3.69. The van der Waals surface area contributed by atoms with E-state index in [1.54, 1.807) is 0 Å². The van der Waals surface area contributed by atoms with Crippen LogP contribution in [0, 0.1) is 0 Å². The van der Waals surface area contributed by atoms with Crippen LogP contribution in [0.2, 0.25) is 0 Å². The maximum atomic E-state index is 6.29. The third-order valence-corrected chi connectivity index (χ3v) is 23.8. The van der Waals surface area contributed by atoms with Crippen molar-refractivity contribution in [3.05, 3.63) is 429 Å². The average Bonchev–Trinajstić information content (AvgIpc) is 1.42. The van der Waals surface area contributed by atoms with Crippen LogP contribution in [0.25, 0.3) is 22.3 Å². The first kappa shape index (κ1) is 92.4. The minimum atomic E-state index is 0.0364. The zero-order chi connectivity index (χ0) is 86.3. The Hall–Kier alpha value is -11.4. The second-order valence-corrected chi connectivity index (χ2v) is 32.4. The van der Waals surface area contributed by atoms with Crippen LogP contribution in [0.3, 0.4) is 0 Å². The number of hydrogen-bond donors (Lipinski definition) is 0. The summed E-state index contributed by atoms with van der Waals surface area (Å²) < 4.78 is 24.7. The second kappa shape index (κ2) is 49.7. The van der Waals surface area contributed by atoms with Gasteiger partial charge >= 0.3 is 0 Å². The molecule has 638 valence electrons. The van der Waals surface area contributed by atoms with Crippen LogP contribution < -0.4 is 18.9 Å². The number of hydrogen-bond acceptors (Lipinski definition) is 8. The zero-order valence-corrected chi connectivity index (χ0v) is 75.5. The minimum absolute atomic E-state index is 0.0364. The molecule has 12 aromatic carbocycles. The van der Waals surface area contributed by atoms with Crippen molar-refractivity contribution < 1.29 is 18.9 Å². The molecule has 8 heteroatoms. The van der Waals surface area contributed by atoms with Gasteiger partial charge in [-0.25, -0.2) is 0 Å². The molecule has 123 heavy (non-hydrogen) atoms. The fourth-order valence-electron chi connectivity index (χ4n) is 16.7. The first-order valence-corrected chi connectivity index (χ1v) is 45.4. The largest absolute Gasteiger partial charge is 0.475 e. The van der Waals surface area contributed by atoms with Crippen molar-refractivity contribution in [1.82, 2.24) is 19.6 Å². The summed E-state index contributed by atoms with van der Waals surface area (Å²) in [7, 11) is 4.04. The predicted molar refractivity (Wildman–Crippen MR) is 521 cm³/mol. The van der Waals surface area contributed by atoms with Crippen molar-refractivity contribution in [3.8, 4) is 23.0 Å². The normalized spacial score (nSPS) is 14.7. The number of allylic oxidation sites excluding steroid dienone is 4. The maximum absolute atomic E-state index is 6.29. The lowest BCUT2D eigenvalue weighted by molar-refractivity contribution is 0.0262. The smallest absolute Gasteiger partial charge is 0.149 e. The van der Waals surface area contributed by atoms with Crippen LogP contribution in [-0.2, 0) is 25.7 Å². The highest BCUT2D eigenvalue weighted by Gasteiger charge is 2.23. The number of benzene rings is 12. The molecule has 2 heterocycles. The van der Waals surface area contributed by atoms with Gasteiger partial charge in [-0.1, -0.05) is 361 Å². The molecule has 0 bridgehead atoms. The molecule has 0 radical (unpaired) electrons. The predicted octanol–water partition coefficient (Wildman–Crippen LogP) is 27.9. The Morgan fingerprint density at radius 3 is 0.675 bits per heavy atom. The molecule has 8 nitrogen and oxygen atoms in total. The van der Waals surface area contributed by atoms with Crippen molar-refractivity contribution in [2.75, 3.05) is 53.4 Å². The van der Waals surface area contributed by atoms with E-state index in [-0.39, 0.29) is 24.9 Å². The standard InChI is InChI=1S/C30H35NO.C29H33NO.C29H35NO.C27H31NO/c1-3-26(23-25-13-7-4-8-14-25)30(27-15-9-5-10-16-27)28-17-19-29(20-18-28)32-24(2)31-21-11-6-12-22-31;1-3-25(22-24-12-6-4-7-13-24)29(26-14-8-5-9-15-26)27-16-18-28(19-17-27)31-23(2)30-20-10-11-21-30;1-5-25(22-24-14-10-8-11-15-24)29(26-16-12-9-13-17-26)27-18-20-28(21-19-27)31-23(4)30(6-2)7-3;1-5-23(20-22-12-8-6-9-13-22)27(24-14-10-7-11-15-24)25-16-18-26(19-17-25)29-21(2)28(3)4/h4-5,7-10,13-20,24H,3,6,11-12,21-23H2,1-2H3;4-9,12-19,23H,3,10-11,20-22H2,1-2H3;8-21,23H,5-7,22H2,1-4H3;6-19,21H,5,20H2,1-4H3. The molecule has 0 saturated carbocycles. The van der Waals surface area contributed by atoms with Crippen LogP contribution in [0.15, 0.2) is 362 Å². The Morgan fingerprint density at radius 2 is 0.455 bits per heavy atom. The Balaban J connectivity index is 0.000000160. The molecule has 4 atom stereocenters. The molecule has 0 aromatic heterocycles. The highest BCUT2D eigenvalue weighted by molar-refractivity contribution is 5.86. The molecule has 0 amide bonds. The number of piperidine rings is 1. The molecule has 14 rings (SSSR count). The molecule has 4 unspecified atom stereocenters. The van der Waals surface area contributed by atoms with Crippen LogP contribution in [0.1, 0.15) is 194 Å². The van der Waals surface area contributed by atoms with E-state index >= 15 is 0 Å². The lowest BCUT2D eigenvalue weighted by Crippen LogP contribution is -2.40. The van der Waals surface area contributed by atoms with Gasteiger partial charge in [0.15, 0.2) is 0 Å². The van der Waals surface area contributed by atoms with Crippen LogP contribution in [0.5, 0.6) is 23.0 Å². The van der Waals surface area contributed by atoms with Crippen molar-refractivity contribution in [3.63, 3.8) is 0 Å². The van der Waals surface area contributed by atoms with Crippen molar-refractivity contribution in [2.45, 2.75) is 178 Å². The third kappa shape index (κ3) is 28.1. The summed E-state index contributed by atoms with van der Waals surface area (Å²) in [6.45, 7) is 28.4. The summed E-state index contributed by atoms with van der Waals surface area (Å²) in [6, 6.07) is 121. The van der Waals surface area contributed by atoms with Gasteiger partial charge in [0.25, 0.3) is 0 Å². The monoisotopic (exact) mass is 1640 g/mol. The van der Waals surface area contributed by atoms with Gasteiger partial charge in [-0.15, -0.1) is 0 Å². The fraction of sp³-hybridized carbons (Fsp3) is 0.304. The van der Waals surface area contributed by atoms with Gasteiger partial charge in [0.1, 0.15) is 47.9 Å². The summed E-state index contributed by atoms with van der Waals surface area (Å²) in [5.41, 5.74) is 26.6. The Bertz CT molecular complexity index is 4970. The molecule has 0 N–H and O–H groups in total. The maximum Gasteiger partial charge on any atom is 0.149 e. The highest BCUT2D eigenvalue weighted by atomic mass is 16.5. The molecule has 2 aliphatic rings. The van der Waals surface area contributed by atoms with Gasteiger partial charge < -0.3 is 18.9 Å². The Kier molecular flexibility index (Phi) is 37.3. The molecule has 0 aliphatic carbocycles. The van der Waals surface area contributed by atoms with E-state index in [1.165, 1.54) is 143 Å². The molecule has 12 aromatic rings. The van der Waals surface area contributed by atoms with Gasteiger partial charge in [-0.3, -0.25) is 19.6 Å². The number of likely N-dealkylation sites (tertiary alicyclic amines) is 2. The van der Waals surface area contributed by atoms with E-state index < -0.39 is 0 Å². The molecule has 2 saturated heterocycles. The van der Waals surface area contributed by atoms with Gasteiger partial charge in [-0.2, -0.15) is 0 Å². The van der Waals surface area contributed by atoms with Crippen LogP contribution in [-0.4, -0.2) is 97.9 Å². The van der Waals surface area contributed by atoms with Crippen molar-refractivity contribution in [2.24, 2.45) is 0 Å². The minimum Gasteiger partial charge on any atom is -0.475 e. The lowest BCUT2D eigenvalue weighted by Gasteiger charge is -2.32.